The van der Waals surface area contributed by atoms with Crippen molar-refractivity contribution in [3.05, 3.63) is 24.3 Å². The Morgan fingerprint density at radius 3 is 2.71 bits per heavy atom. The van der Waals surface area contributed by atoms with Crippen LogP contribution >= 0.6 is 0 Å². The van der Waals surface area contributed by atoms with Crippen LogP contribution in [0.5, 0.6) is 0 Å². The van der Waals surface area contributed by atoms with Crippen molar-refractivity contribution in [2.75, 3.05) is 18.4 Å². The van der Waals surface area contributed by atoms with E-state index in [1.807, 2.05) is 0 Å². The fraction of sp³-hybridized carbons (Fsp3) is 0.455. The lowest BCUT2D eigenvalue weighted by molar-refractivity contribution is 0.564. The molecule has 1 aliphatic rings. The van der Waals surface area contributed by atoms with Crippen LogP contribution in [0.4, 0.5) is 5.69 Å². The standard InChI is InChI=1S/C11H17N3O2S/c1-11(6-7-13-8-11)14-9-4-2-3-5-10(9)17(12,15)16/h2-5,13-14H,6-8H2,1H3,(H2,12,15,16). The third-order valence-electron chi connectivity index (χ3n) is 3.00. The molecule has 1 atom stereocenters. The highest BCUT2D eigenvalue weighted by Crippen LogP contribution is 2.26. The van der Waals surface area contributed by atoms with Crippen molar-refractivity contribution in [3.8, 4) is 0 Å². The van der Waals surface area contributed by atoms with Crippen molar-refractivity contribution >= 4 is 15.7 Å². The average Bonchev–Trinajstić information content (AvgIpc) is 2.64. The highest BCUT2D eigenvalue weighted by atomic mass is 32.2. The quantitative estimate of drug-likeness (QED) is 0.734. The second-order valence-corrected chi connectivity index (χ2v) is 6.18. The molecule has 5 nitrogen and oxygen atoms in total. The Kier molecular flexibility index (Phi) is 3.11. The van der Waals surface area contributed by atoms with Crippen LogP contribution in [0, 0.1) is 0 Å². The molecular weight excluding hydrogens is 238 g/mol. The molecule has 1 saturated heterocycles. The van der Waals surface area contributed by atoms with Crippen molar-refractivity contribution in [1.29, 1.82) is 0 Å². The van der Waals surface area contributed by atoms with Gasteiger partial charge in [-0.15, -0.1) is 0 Å². The summed E-state index contributed by atoms with van der Waals surface area (Å²) in [6.07, 6.45) is 0.950. The lowest BCUT2D eigenvalue weighted by Gasteiger charge is -2.26. The van der Waals surface area contributed by atoms with Crippen LogP contribution in [-0.2, 0) is 10.0 Å². The number of anilines is 1. The molecule has 2 rings (SSSR count). The maximum Gasteiger partial charge on any atom is 0.240 e. The molecule has 0 spiro atoms. The summed E-state index contributed by atoms with van der Waals surface area (Å²) < 4.78 is 22.9. The second-order valence-electron chi connectivity index (χ2n) is 4.65. The molecule has 17 heavy (non-hydrogen) atoms. The Morgan fingerprint density at radius 1 is 1.41 bits per heavy atom. The molecule has 1 fully saturated rings. The molecule has 4 N–H and O–H groups in total. The number of hydrogen-bond donors (Lipinski definition) is 3. The zero-order valence-corrected chi connectivity index (χ0v) is 10.5. The number of rotatable bonds is 3. The molecule has 94 valence electrons. The second kappa shape index (κ2) is 4.29. The fourth-order valence-electron chi connectivity index (χ4n) is 2.07. The number of hydrogen-bond acceptors (Lipinski definition) is 4. The predicted molar refractivity (Wildman–Crippen MR) is 67.3 cm³/mol. The molecule has 1 aromatic carbocycles. The van der Waals surface area contributed by atoms with E-state index < -0.39 is 10.0 Å². The summed E-state index contributed by atoms with van der Waals surface area (Å²) >= 11 is 0. The van der Waals surface area contributed by atoms with Gasteiger partial charge in [0.25, 0.3) is 0 Å². The van der Waals surface area contributed by atoms with Crippen molar-refractivity contribution in [2.45, 2.75) is 23.8 Å². The molecule has 1 heterocycles. The molecular formula is C11H17N3O2S. The predicted octanol–water partition coefficient (Wildman–Crippen LogP) is 0.498. The number of nitrogens with one attached hydrogen (secondary N) is 2. The van der Waals surface area contributed by atoms with Crippen LogP contribution in [-0.4, -0.2) is 27.0 Å². The van der Waals surface area contributed by atoms with Crippen molar-refractivity contribution in [1.82, 2.24) is 5.32 Å². The molecule has 0 aromatic heterocycles. The maximum atomic E-state index is 11.5. The van der Waals surface area contributed by atoms with Gasteiger partial charge in [0.05, 0.1) is 5.69 Å². The van der Waals surface area contributed by atoms with Crippen molar-refractivity contribution < 1.29 is 8.42 Å². The lowest BCUT2D eigenvalue weighted by Crippen LogP contribution is -2.37. The van der Waals surface area contributed by atoms with E-state index in [4.69, 9.17) is 5.14 Å². The lowest BCUT2D eigenvalue weighted by atomic mass is 10.0. The Morgan fingerprint density at radius 2 is 2.12 bits per heavy atom. The van der Waals surface area contributed by atoms with E-state index >= 15 is 0 Å². The first kappa shape index (κ1) is 12.3. The summed E-state index contributed by atoms with van der Waals surface area (Å²) in [4.78, 5) is 0.146. The zero-order chi connectivity index (χ0) is 12.5. The zero-order valence-electron chi connectivity index (χ0n) is 9.73. The Hall–Kier alpha value is -1.11. The van der Waals surface area contributed by atoms with E-state index in [1.54, 1.807) is 18.2 Å². The van der Waals surface area contributed by atoms with E-state index in [-0.39, 0.29) is 10.4 Å². The van der Waals surface area contributed by atoms with Crippen molar-refractivity contribution in [2.24, 2.45) is 5.14 Å². The minimum Gasteiger partial charge on any atom is -0.377 e. The highest BCUT2D eigenvalue weighted by molar-refractivity contribution is 7.89. The van der Waals surface area contributed by atoms with E-state index in [1.165, 1.54) is 6.07 Å². The molecule has 1 unspecified atom stereocenters. The van der Waals surface area contributed by atoms with Gasteiger partial charge in [-0.25, -0.2) is 13.6 Å². The van der Waals surface area contributed by atoms with E-state index in [0.717, 1.165) is 19.5 Å². The molecule has 0 bridgehead atoms. The highest BCUT2D eigenvalue weighted by Gasteiger charge is 2.29. The first-order valence-electron chi connectivity index (χ1n) is 5.51. The smallest absolute Gasteiger partial charge is 0.240 e. The van der Waals surface area contributed by atoms with Gasteiger partial charge in [0.1, 0.15) is 4.90 Å². The van der Waals surface area contributed by atoms with E-state index in [9.17, 15) is 8.42 Å². The van der Waals surface area contributed by atoms with Crippen LogP contribution in [0.1, 0.15) is 13.3 Å². The van der Waals surface area contributed by atoms with Gasteiger partial charge in [0, 0.05) is 12.1 Å². The molecule has 1 aromatic rings. The van der Waals surface area contributed by atoms with Gasteiger partial charge in [-0.05, 0) is 32.0 Å². The number of para-hydroxylation sites is 1. The number of benzene rings is 1. The molecule has 6 heteroatoms. The topological polar surface area (TPSA) is 84.2 Å². The van der Waals surface area contributed by atoms with Crippen LogP contribution < -0.4 is 15.8 Å². The Bertz CT molecular complexity index is 507. The summed E-state index contributed by atoms with van der Waals surface area (Å²) in [5.74, 6) is 0. The Labute approximate surface area is 101 Å². The monoisotopic (exact) mass is 255 g/mol. The van der Waals surface area contributed by atoms with Crippen LogP contribution in [0.15, 0.2) is 29.2 Å². The maximum absolute atomic E-state index is 11.5. The first-order chi connectivity index (χ1) is 7.91. The fourth-order valence-corrected chi connectivity index (χ4v) is 2.76. The van der Waals surface area contributed by atoms with Gasteiger partial charge in [-0.2, -0.15) is 0 Å². The summed E-state index contributed by atoms with van der Waals surface area (Å²) in [5.41, 5.74) is 0.446. The normalized spacial score (nSPS) is 24.8. The Balaban J connectivity index is 2.33. The van der Waals surface area contributed by atoms with Gasteiger partial charge in [-0.1, -0.05) is 12.1 Å². The number of primary sulfonamides is 1. The van der Waals surface area contributed by atoms with Crippen LogP contribution in [0.25, 0.3) is 0 Å². The van der Waals surface area contributed by atoms with Crippen LogP contribution in [0.3, 0.4) is 0 Å². The van der Waals surface area contributed by atoms with Gasteiger partial charge in [0.2, 0.25) is 10.0 Å². The van der Waals surface area contributed by atoms with Gasteiger partial charge in [-0.3, -0.25) is 0 Å². The molecule has 0 radical (unpaired) electrons. The SMILES string of the molecule is CC1(Nc2ccccc2S(N)(=O)=O)CCNC1. The van der Waals surface area contributed by atoms with Crippen LogP contribution in [0.2, 0.25) is 0 Å². The number of sulfonamides is 1. The van der Waals surface area contributed by atoms with E-state index in [2.05, 4.69) is 17.6 Å². The molecule has 0 saturated carbocycles. The van der Waals surface area contributed by atoms with Gasteiger partial charge in [0.15, 0.2) is 0 Å². The summed E-state index contributed by atoms with van der Waals surface area (Å²) in [5, 5.41) is 11.7. The minimum absolute atomic E-state index is 0.124. The molecule has 0 amide bonds. The van der Waals surface area contributed by atoms with Gasteiger partial charge < -0.3 is 10.6 Å². The number of nitrogens with two attached hydrogens (primary N) is 1. The average molecular weight is 255 g/mol. The largest absolute Gasteiger partial charge is 0.377 e. The third-order valence-corrected chi connectivity index (χ3v) is 3.97. The van der Waals surface area contributed by atoms with Crippen molar-refractivity contribution in [3.63, 3.8) is 0 Å². The van der Waals surface area contributed by atoms with E-state index in [0.29, 0.717) is 5.69 Å². The summed E-state index contributed by atoms with van der Waals surface area (Å²) in [7, 11) is -3.68. The summed E-state index contributed by atoms with van der Waals surface area (Å²) in [6.45, 7) is 3.81. The third kappa shape index (κ3) is 2.77. The van der Waals surface area contributed by atoms with Gasteiger partial charge >= 0.3 is 0 Å². The molecule has 0 aliphatic carbocycles. The molecule has 1 aliphatic heterocycles. The summed E-state index contributed by atoms with van der Waals surface area (Å²) in [6, 6.07) is 6.72. The first-order valence-corrected chi connectivity index (χ1v) is 7.06. The minimum atomic E-state index is -3.68.